The molecule has 0 saturated heterocycles. The third kappa shape index (κ3) is 1.85. The van der Waals surface area contributed by atoms with Gasteiger partial charge in [-0.1, -0.05) is 0 Å². The van der Waals surface area contributed by atoms with E-state index < -0.39 is 5.97 Å². The second-order valence-electron chi connectivity index (χ2n) is 4.49. The molecule has 6 nitrogen and oxygen atoms in total. The van der Waals surface area contributed by atoms with Gasteiger partial charge in [0.15, 0.2) is 11.5 Å². The van der Waals surface area contributed by atoms with Crippen LogP contribution < -0.4 is 0 Å². The number of esters is 1. The standard InChI is InChI=1S/C14H13N3O3/c1-8-6-11(9(2)20-8)13-16-15-12-5-4-10(7-17(12)13)14(18)19-3/h4-7H,1-3H3. The van der Waals surface area contributed by atoms with Gasteiger partial charge in [-0.25, -0.2) is 4.79 Å². The average molecular weight is 271 g/mol. The predicted molar refractivity (Wildman–Crippen MR) is 71.5 cm³/mol. The second-order valence-corrected chi connectivity index (χ2v) is 4.49. The fraction of sp³-hybridized carbons (Fsp3) is 0.214. The van der Waals surface area contributed by atoms with Crippen molar-refractivity contribution in [2.45, 2.75) is 13.8 Å². The van der Waals surface area contributed by atoms with Gasteiger partial charge >= 0.3 is 5.97 Å². The number of methoxy groups -OCH3 is 1. The molecule has 3 aromatic heterocycles. The smallest absolute Gasteiger partial charge is 0.339 e. The van der Waals surface area contributed by atoms with Gasteiger partial charge in [-0.2, -0.15) is 0 Å². The number of furan rings is 1. The van der Waals surface area contributed by atoms with Gasteiger partial charge in [-0.15, -0.1) is 10.2 Å². The van der Waals surface area contributed by atoms with Crippen LogP contribution in [0.2, 0.25) is 0 Å². The summed E-state index contributed by atoms with van der Waals surface area (Å²) in [5, 5.41) is 8.26. The molecule has 6 heteroatoms. The third-order valence-corrected chi connectivity index (χ3v) is 3.11. The number of hydrogen-bond acceptors (Lipinski definition) is 5. The summed E-state index contributed by atoms with van der Waals surface area (Å²) in [6.45, 7) is 3.74. The summed E-state index contributed by atoms with van der Waals surface area (Å²) in [6.07, 6.45) is 1.66. The highest BCUT2D eigenvalue weighted by molar-refractivity contribution is 5.89. The van der Waals surface area contributed by atoms with Crippen molar-refractivity contribution in [3.63, 3.8) is 0 Å². The Morgan fingerprint density at radius 2 is 2.10 bits per heavy atom. The fourth-order valence-corrected chi connectivity index (χ4v) is 2.17. The number of carbonyl (C=O) groups is 1. The zero-order chi connectivity index (χ0) is 14.3. The topological polar surface area (TPSA) is 69.6 Å². The summed E-state index contributed by atoms with van der Waals surface area (Å²) >= 11 is 0. The summed E-state index contributed by atoms with van der Waals surface area (Å²) in [7, 11) is 1.35. The van der Waals surface area contributed by atoms with Crippen LogP contribution in [0, 0.1) is 13.8 Å². The molecule has 20 heavy (non-hydrogen) atoms. The van der Waals surface area contributed by atoms with Crippen molar-refractivity contribution in [2.24, 2.45) is 0 Å². The van der Waals surface area contributed by atoms with Crippen molar-refractivity contribution in [2.75, 3.05) is 7.11 Å². The maximum absolute atomic E-state index is 11.6. The lowest BCUT2D eigenvalue weighted by molar-refractivity contribution is 0.0600. The van der Waals surface area contributed by atoms with Crippen LogP contribution in [0.25, 0.3) is 17.0 Å². The number of hydrogen-bond donors (Lipinski definition) is 0. The third-order valence-electron chi connectivity index (χ3n) is 3.11. The van der Waals surface area contributed by atoms with Gasteiger partial charge in [-0.05, 0) is 32.0 Å². The van der Waals surface area contributed by atoms with Crippen LogP contribution in [0.4, 0.5) is 0 Å². The summed E-state index contributed by atoms with van der Waals surface area (Å²) < 4.78 is 12.0. The summed E-state index contributed by atoms with van der Waals surface area (Å²) in [5.41, 5.74) is 1.96. The monoisotopic (exact) mass is 271 g/mol. The highest BCUT2D eigenvalue weighted by Gasteiger charge is 2.15. The SMILES string of the molecule is COC(=O)c1ccc2nnc(-c3cc(C)oc3C)n2c1. The van der Waals surface area contributed by atoms with E-state index in [0.717, 1.165) is 17.1 Å². The van der Waals surface area contributed by atoms with Gasteiger partial charge < -0.3 is 9.15 Å². The first-order chi connectivity index (χ1) is 9.60. The normalized spacial score (nSPS) is 10.9. The molecule has 0 spiro atoms. The van der Waals surface area contributed by atoms with Crippen molar-refractivity contribution in [1.29, 1.82) is 0 Å². The average Bonchev–Trinajstić information content (AvgIpc) is 2.99. The van der Waals surface area contributed by atoms with Crippen LogP contribution in [0.1, 0.15) is 21.9 Å². The largest absolute Gasteiger partial charge is 0.466 e. The molecule has 0 radical (unpaired) electrons. The molecule has 0 aromatic carbocycles. The minimum Gasteiger partial charge on any atom is -0.466 e. The minimum atomic E-state index is -0.397. The molecule has 0 N–H and O–H groups in total. The maximum Gasteiger partial charge on any atom is 0.339 e. The molecule has 0 bridgehead atoms. The molecule has 3 heterocycles. The van der Waals surface area contributed by atoms with E-state index in [9.17, 15) is 4.79 Å². The molecule has 0 aliphatic heterocycles. The van der Waals surface area contributed by atoms with Gasteiger partial charge in [0.2, 0.25) is 0 Å². The van der Waals surface area contributed by atoms with E-state index in [-0.39, 0.29) is 0 Å². The number of rotatable bonds is 2. The zero-order valence-corrected chi connectivity index (χ0v) is 11.4. The fourth-order valence-electron chi connectivity index (χ4n) is 2.17. The van der Waals surface area contributed by atoms with E-state index in [1.54, 1.807) is 22.7 Å². The minimum absolute atomic E-state index is 0.397. The Morgan fingerprint density at radius 1 is 1.30 bits per heavy atom. The lowest BCUT2D eigenvalue weighted by atomic mass is 10.2. The maximum atomic E-state index is 11.6. The molecular weight excluding hydrogens is 258 g/mol. The Bertz CT molecular complexity index is 801. The Morgan fingerprint density at radius 3 is 2.75 bits per heavy atom. The molecule has 0 atom stereocenters. The van der Waals surface area contributed by atoms with Crippen LogP contribution in [0.5, 0.6) is 0 Å². The molecule has 102 valence electrons. The Kier molecular flexibility index (Phi) is 2.78. The van der Waals surface area contributed by atoms with Crippen molar-refractivity contribution >= 4 is 11.6 Å². The van der Waals surface area contributed by atoms with E-state index >= 15 is 0 Å². The predicted octanol–water partition coefficient (Wildman–Crippen LogP) is 2.39. The molecule has 0 fully saturated rings. The number of aromatic nitrogens is 3. The summed E-state index contributed by atoms with van der Waals surface area (Å²) in [6, 6.07) is 5.29. The first-order valence-electron chi connectivity index (χ1n) is 6.10. The summed E-state index contributed by atoms with van der Waals surface area (Å²) in [4.78, 5) is 11.6. The van der Waals surface area contributed by atoms with Crippen molar-refractivity contribution in [3.05, 3.63) is 41.5 Å². The Balaban J connectivity index is 2.21. The first-order valence-corrected chi connectivity index (χ1v) is 6.10. The van der Waals surface area contributed by atoms with E-state index in [2.05, 4.69) is 10.2 Å². The van der Waals surface area contributed by atoms with Crippen LogP contribution in [0.15, 0.2) is 28.8 Å². The van der Waals surface area contributed by atoms with Gasteiger partial charge in [-0.3, -0.25) is 4.40 Å². The molecule has 3 aromatic rings. The molecule has 0 amide bonds. The number of ether oxygens (including phenoxy) is 1. The van der Waals surface area contributed by atoms with Gasteiger partial charge in [0.25, 0.3) is 0 Å². The molecule has 0 unspecified atom stereocenters. The van der Waals surface area contributed by atoms with E-state index in [1.165, 1.54) is 7.11 Å². The van der Waals surface area contributed by atoms with Crippen molar-refractivity contribution in [1.82, 2.24) is 14.6 Å². The Labute approximate surface area is 115 Å². The molecular formula is C14H13N3O3. The number of aryl methyl sites for hydroxylation is 2. The first kappa shape index (κ1) is 12.4. The number of fused-ring (bicyclic) bond motifs is 1. The lowest BCUT2D eigenvalue weighted by Gasteiger charge is -2.02. The molecule has 0 aliphatic carbocycles. The summed E-state index contributed by atoms with van der Waals surface area (Å²) in [5.74, 6) is 1.81. The zero-order valence-electron chi connectivity index (χ0n) is 11.4. The van der Waals surface area contributed by atoms with Crippen molar-refractivity contribution in [3.8, 4) is 11.4 Å². The van der Waals surface area contributed by atoms with Gasteiger partial charge in [0, 0.05) is 6.20 Å². The van der Waals surface area contributed by atoms with E-state index in [0.29, 0.717) is 17.0 Å². The number of nitrogens with zero attached hydrogens (tertiary/aromatic N) is 3. The van der Waals surface area contributed by atoms with Crippen LogP contribution in [-0.4, -0.2) is 27.7 Å². The highest BCUT2D eigenvalue weighted by Crippen LogP contribution is 2.25. The molecule has 0 aliphatic rings. The van der Waals surface area contributed by atoms with Crippen LogP contribution >= 0.6 is 0 Å². The number of pyridine rings is 1. The lowest BCUT2D eigenvalue weighted by Crippen LogP contribution is -2.03. The van der Waals surface area contributed by atoms with Crippen LogP contribution in [0.3, 0.4) is 0 Å². The van der Waals surface area contributed by atoms with Gasteiger partial charge in [0.1, 0.15) is 11.5 Å². The highest BCUT2D eigenvalue weighted by atomic mass is 16.5. The molecule has 0 saturated carbocycles. The quantitative estimate of drug-likeness (QED) is 0.669. The van der Waals surface area contributed by atoms with E-state index in [1.807, 2.05) is 19.9 Å². The van der Waals surface area contributed by atoms with E-state index in [4.69, 9.17) is 9.15 Å². The van der Waals surface area contributed by atoms with Crippen molar-refractivity contribution < 1.29 is 13.9 Å². The number of carbonyl (C=O) groups excluding carboxylic acids is 1. The van der Waals surface area contributed by atoms with Crippen LogP contribution in [-0.2, 0) is 4.74 Å². The second kappa shape index (κ2) is 4.48. The molecule has 3 rings (SSSR count). The Hall–Kier alpha value is -2.63. The van der Waals surface area contributed by atoms with Gasteiger partial charge in [0.05, 0.1) is 18.2 Å².